The molecular weight excluding hydrogens is 214 g/mol. The molecule has 82 valence electrons. The van der Waals surface area contributed by atoms with Crippen LogP contribution in [-0.2, 0) is 0 Å². The highest BCUT2D eigenvalue weighted by Crippen LogP contribution is 2.25. The fourth-order valence-corrected chi connectivity index (χ4v) is 0.998. The van der Waals surface area contributed by atoms with Crippen molar-refractivity contribution in [3.8, 4) is 5.88 Å². The molecule has 0 aromatic carbocycles. The summed E-state index contributed by atoms with van der Waals surface area (Å²) in [5, 5.41) is 10.4. The Morgan fingerprint density at radius 2 is 2.20 bits per heavy atom. The number of nitrogens with one attached hydrogen (secondary N) is 1. The number of nitrogens with zero attached hydrogens (tertiary/aromatic N) is 1. The van der Waals surface area contributed by atoms with E-state index in [-0.39, 0.29) is 5.88 Å². The number of pyridine rings is 1. The Labute approximate surface area is 81.6 Å². The van der Waals surface area contributed by atoms with Gasteiger partial charge in [-0.1, -0.05) is 0 Å². The van der Waals surface area contributed by atoms with Crippen molar-refractivity contribution in [2.45, 2.75) is 6.43 Å². The summed E-state index contributed by atoms with van der Waals surface area (Å²) in [6.07, 6.45) is -3.21. The average molecular weight is 220 g/mol. The molecule has 0 aliphatic heterocycles. The van der Waals surface area contributed by atoms with Crippen LogP contribution in [0.25, 0.3) is 0 Å². The lowest BCUT2D eigenvalue weighted by molar-refractivity contribution is -0.391. The molecule has 0 unspecified atom stereocenters. The molecule has 15 heavy (non-hydrogen) atoms. The van der Waals surface area contributed by atoms with Crippen molar-refractivity contribution in [3.05, 3.63) is 32.0 Å². The van der Waals surface area contributed by atoms with Gasteiger partial charge in [0.1, 0.15) is 0 Å². The van der Waals surface area contributed by atoms with E-state index in [0.717, 1.165) is 13.2 Å². The van der Waals surface area contributed by atoms with Crippen LogP contribution in [0.1, 0.15) is 12.0 Å². The van der Waals surface area contributed by atoms with E-state index < -0.39 is 28.2 Å². The van der Waals surface area contributed by atoms with Crippen LogP contribution in [0.3, 0.4) is 0 Å². The molecule has 0 aliphatic carbocycles. The van der Waals surface area contributed by atoms with Gasteiger partial charge in [-0.25, -0.2) is 13.8 Å². The average Bonchev–Trinajstić information content (AvgIpc) is 2.15. The molecule has 1 rings (SSSR count). The highest BCUT2D eigenvalue weighted by molar-refractivity contribution is 5.36. The van der Waals surface area contributed by atoms with Crippen LogP contribution >= 0.6 is 0 Å². The fraction of sp³-hybridized carbons (Fsp3) is 0.286. The monoisotopic (exact) mass is 220 g/mol. The molecule has 1 heterocycles. The molecule has 0 saturated carbocycles. The van der Waals surface area contributed by atoms with E-state index in [1.54, 1.807) is 0 Å². The highest BCUT2D eigenvalue weighted by atomic mass is 19.3. The summed E-state index contributed by atoms with van der Waals surface area (Å²) in [5.41, 5.74) is -2.30. The second-order valence-electron chi connectivity index (χ2n) is 2.52. The van der Waals surface area contributed by atoms with Crippen molar-refractivity contribution in [1.29, 1.82) is 0 Å². The van der Waals surface area contributed by atoms with Gasteiger partial charge in [0, 0.05) is 0 Å². The lowest BCUT2D eigenvalue weighted by atomic mass is 10.2. The van der Waals surface area contributed by atoms with Gasteiger partial charge in [-0.3, -0.25) is 4.79 Å². The van der Waals surface area contributed by atoms with E-state index >= 15 is 0 Å². The predicted octanol–water partition coefficient (Wildman–Crippen LogP) is 1.23. The molecule has 0 aliphatic rings. The number of nitro groups is 1. The Kier molecular flexibility index (Phi) is 2.98. The zero-order chi connectivity index (χ0) is 11.6. The van der Waals surface area contributed by atoms with Crippen molar-refractivity contribution in [2.75, 3.05) is 7.11 Å². The van der Waals surface area contributed by atoms with Crippen molar-refractivity contribution in [3.63, 3.8) is 0 Å². The van der Waals surface area contributed by atoms with E-state index in [9.17, 15) is 23.7 Å². The van der Waals surface area contributed by atoms with Crippen molar-refractivity contribution in [1.82, 2.24) is 4.98 Å². The molecule has 0 saturated heterocycles. The fourth-order valence-electron chi connectivity index (χ4n) is 0.998. The first-order valence-electron chi connectivity index (χ1n) is 3.71. The SMILES string of the molecule is COc1cc(=O)c(C(F)F)c([N+](=O)[O-])[nH]1. The summed E-state index contributed by atoms with van der Waals surface area (Å²) >= 11 is 0. The molecule has 0 atom stereocenters. The summed E-state index contributed by atoms with van der Waals surface area (Å²) < 4.78 is 29.2. The molecule has 1 aromatic rings. The first kappa shape index (κ1) is 11.1. The van der Waals surface area contributed by atoms with Gasteiger partial charge in [0.15, 0.2) is 5.56 Å². The number of H-pyrrole nitrogens is 1. The zero-order valence-corrected chi connectivity index (χ0v) is 7.49. The Hall–Kier alpha value is -1.99. The Morgan fingerprint density at radius 3 is 2.60 bits per heavy atom. The van der Waals surface area contributed by atoms with Gasteiger partial charge in [-0.2, -0.15) is 0 Å². The van der Waals surface area contributed by atoms with Crippen LogP contribution in [0.5, 0.6) is 5.88 Å². The van der Waals surface area contributed by atoms with Crippen molar-refractivity contribution < 1.29 is 18.4 Å². The summed E-state index contributed by atoms with van der Waals surface area (Å²) in [7, 11) is 1.15. The summed E-state index contributed by atoms with van der Waals surface area (Å²) in [6, 6.07) is 0.731. The second-order valence-corrected chi connectivity index (χ2v) is 2.52. The minimum Gasteiger partial charge on any atom is -0.466 e. The van der Waals surface area contributed by atoms with E-state index in [0.29, 0.717) is 0 Å². The Balaban J connectivity index is 3.50. The molecule has 0 bridgehead atoms. The largest absolute Gasteiger partial charge is 0.466 e. The van der Waals surface area contributed by atoms with E-state index in [1.165, 1.54) is 0 Å². The first-order chi connectivity index (χ1) is 6.97. The van der Waals surface area contributed by atoms with Crippen LogP contribution in [0, 0.1) is 10.1 Å². The van der Waals surface area contributed by atoms with E-state index in [1.807, 2.05) is 4.98 Å². The molecule has 0 radical (unpaired) electrons. The molecule has 1 aromatic heterocycles. The van der Waals surface area contributed by atoms with Gasteiger partial charge in [-0.05, 0) is 4.92 Å². The summed E-state index contributed by atoms with van der Waals surface area (Å²) in [5.74, 6) is -1.29. The van der Waals surface area contributed by atoms with Crippen LogP contribution in [0.15, 0.2) is 10.9 Å². The van der Waals surface area contributed by atoms with Crippen LogP contribution in [0.4, 0.5) is 14.6 Å². The lowest BCUT2D eigenvalue weighted by Gasteiger charge is -2.03. The topological polar surface area (TPSA) is 85.2 Å². The molecule has 0 amide bonds. The Morgan fingerprint density at radius 1 is 1.60 bits per heavy atom. The van der Waals surface area contributed by atoms with E-state index in [4.69, 9.17) is 0 Å². The quantitative estimate of drug-likeness (QED) is 0.613. The van der Waals surface area contributed by atoms with E-state index in [2.05, 4.69) is 4.74 Å². The number of hydrogen-bond acceptors (Lipinski definition) is 4. The summed E-state index contributed by atoms with van der Waals surface area (Å²) in [6.45, 7) is 0. The number of alkyl halides is 2. The zero-order valence-electron chi connectivity index (χ0n) is 7.49. The second kappa shape index (κ2) is 4.03. The number of ether oxygens (including phenoxy) is 1. The third kappa shape index (κ3) is 2.09. The molecular formula is C7H6F2N2O4. The lowest BCUT2D eigenvalue weighted by Crippen LogP contribution is -2.14. The van der Waals surface area contributed by atoms with Crippen LogP contribution in [0.2, 0.25) is 0 Å². The van der Waals surface area contributed by atoms with Crippen molar-refractivity contribution in [2.24, 2.45) is 0 Å². The molecule has 0 fully saturated rings. The molecule has 6 nitrogen and oxygen atoms in total. The minimum atomic E-state index is -3.21. The maximum absolute atomic E-state index is 12.3. The molecule has 8 heteroatoms. The predicted molar refractivity (Wildman–Crippen MR) is 45.2 cm³/mol. The Bertz CT molecular complexity index is 443. The summed E-state index contributed by atoms with van der Waals surface area (Å²) in [4.78, 5) is 22.4. The standard InChI is InChI=1S/C7H6F2N2O4/c1-15-4-2-3(12)5(6(8)9)7(10-4)11(13)14/h2,6H,1H3,(H,10,12). The maximum Gasteiger partial charge on any atom is 0.336 e. The van der Waals surface area contributed by atoms with Crippen molar-refractivity contribution >= 4 is 5.82 Å². The minimum absolute atomic E-state index is 0.240. The van der Waals surface area contributed by atoms with Gasteiger partial charge < -0.3 is 14.9 Å². The number of aromatic amines is 1. The number of rotatable bonds is 3. The van der Waals surface area contributed by atoms with Gasteiger partial charge in [0.2, 0.25) is 5.43 Å². The van der Waals surface area contributed by atoms with Crippen LogP contribution in [-0.4, -0.2) is 17.0 Å². The number of aromatic nitrogens is 1. The number of methoxy groups -OCH3 is 1. The normalized spacial score (nSPS) is 10.4. The third-order valence-corrected chi connectivity index (χ3v) is 1.65. The number of hydrogen-bond donors (Lipinski definition) is 1. The maximum atomic E-state index is 12.3. The third-order valence-electron chi connectivity index (χ3n) is 1.65. The van der Waals surface area contributed by atoms with Gasteiger partial charge in [0.25, 0.3) is 12.3 Å². The number of halogens is 2. The van der Waals surface area contributed by atoms with Crippen LogP contribution < -0.4 is 10.2 Å². The molecule has 0 spiro atoms. The first-order valence-corrected chi connectivity index (χ1v) is 3.71. The van der Waals surface area contributed by atoms with Gasteiger partial charge in [0.05, 0.1) is 13.2 Å². The highest BCUT2D eigenvalue weighted by Gasteiger charge is 2.26. The van der Waals surface area contributed by atoms with Gasteiger partial charge >= 0.3 is 5.82 Å². The smallest absolute Gasteiger partial charge is 0.336 e. The van der Waals surface area contributed by atoms with Gasteiger partial charge in [-0.15, -0.1) is 0 Å². The molecule has 1 N–H and O–H groups in total.